The molecule has 2 amide bonds. The summed E-state index contributed by atoms with van der Waals surface area (Å²) in [6.07, 6.45) is -3.98. The van der Waals surface area contributed by atoms with Gasteiger partial charge in [-0.05, 0) is 30.4 Å². The van der Waals surface area contributed by atoms with Crippen LogP contribution in [0.15, 0.2) is 24.3 Å². The van der Waals surface area contributed by atoms with Crippen LogP contribution in [0.5, 0.6) is 0 Å². The summed E-state index contributed by atoms with van der Waals surface area (Å²) >= 11 is 1.44. The number of hydrogen-bond acceptors (Lipinski definition) is 4. The maximum atomic E-state index is 13.3. The van der Waals surface area contributed by atoms with Gasteiger partial charge in [0.15, 0.2) is 0 Å². The maximum Gasteiger partial charge on any atom is 0.418 e. The molecule has 0 radical (unpaired) electrons. The molecule has 2 unspecified atom stereocenters. The molecule has 5 nitrogen and oxygen atoms in total. The van der Waals surface area contributed by atoms with E-state index in [1.54, 1.807) is 0 Å². The van der Waals surface area contributed by atoms with Crippen molar-refractivity contribution >= 4 is 29.4 Å². The molecule has 1 heterocycles. The van der Waals surface area contributed by atoms with Crippen molar-refractivity contribution in [1.29, 1.82) is 0 Å². The highest BCUT2D eigenvalue weighted by Crippen LogP contribution is 2.37. The van der Waals surface area contributed by atoms with Crippen LogP contribution in [0.2, 0.25) is 0 Å². The fraction of sp³-hybridized carbons (Fsp3) is 0.600. The lowest BCUT2D eigenvalue weighted by molar-refractivity contribution is -0.149. The van der Waals surface area contributed by atoms with Crippen LogP contribution in [0, 0.1) is 11.8 Å². The van der Waals surface area contributed by atoms with Gasteiger partial charge in [0.1, 0.15) is 6.04 Å². The largest absolute Gasteiger partial charge is 0.464 e. The van der Waals surface area contributed by atoms with Crippen molar-refractivity contribution in [3.8, 4) is 0 Å². The Hall–Kier alpha value is -1.90. The van der Waals surface area contributed by atoms with Gasteiger partial charge in [0, 0.05) is 5.75 Å². The SMILES string of the molecule is CC(C)COC(=O)C1CSC(CC(C)C)N1C(=O)Nc1ccccc1C(F)(F)F. The third-order valence-electron chi connectivity index (χ3n) is 4.31. The number of benzene rings is 1. The molecule has 29 heavy (non-hydrogen) atoms. The number of nitrogens with zero attached hydrogens (tertiary/aromatic N) is 1. The van der Waals surface area contributed by atoms with Crippen molar-refractivity contribution in [1.82, 2.24) is 4.90 Å². The number of thioether (sulfide) groups is 1. The number of anilines is 1. The summed E-state index contributed by atoms with van der Waals surface area (Å²) in [7, 11) is 0. The highest BCUT2D eigenvalue weighted by atomic mass is 32.2. The Kier molecular flexibility index (Phi) is 7.85. The normalized spacial score (nSPS) is 19.7. The van der Waals surface area contributed by atoms with E-state index in [-0.39, 0.29) is 29.5 Å². The van der Waals surface area contributed by atoms with E-state index in [0.717, 1.165) is 6.07 Å². The molecule has 2 rings (SSSR count). The zero-order chi connectivity index (χ0) is 21.8. The van der Waals surface area contributed by atoms with Gasteiger partial charge in [-0.2, -0.15) is 13.2 Å². The van der Waals surface area contributed by atoms with Crippen LogP contribution in [0.25, 0.3) is 0 Å². The van der Waals surface area contributed by atoms with Crippen LogP contribution >= 0.6 is 11.8 Å². The van der Waals surface area contributed by atoms with Crippen molar-refractivity contribution in [2.75, 3.05) is 17.7 Å². The summed E-state index contributed by atoms with van der Waals surface area (Å²) in [4.78, 5) is 26.8. The highest BCUT2D eigenvalue weighted by molar-refractivity contribution is 8.00. The number of esters is 1. The average Bonchev–Trinajstić information content (AvgIpc) is 3.02. The summed E-state index contributed by atoms with van der Waals surface area (Å²) < 4.78 is 45.1. The number of urea groups is 1. The van der Waals surface area contributed by atoms with Crippen LogP contribution in [0.4, 0.5) is 23.7 Å². The summed E-state index contributed by atoms with van der Waals surface area (Å²) in [6, 6.07) is 3.23. The molecule has 162 valence electrons. The fourth-order valence-corrected chi connectivity index (χ4v) is 4.59. The number of amides is 2. The first-order valence-corrected chi connectivity index (χ1v) is 10.6. The summed E-state index contributed by atoms with van der Waals surface area (Å²) in [5.41, 5.74) is -1.26. The second kappa shape index (κ2) is 9.73. The van der Waals surface area contributed by atoms with Crippen LogP contribution < -0.4 is 5.32 Å². The molecule has 2 atom stereocenters. The standard InChI is InChI=1S/C20H27F3N2O3S/c1-12(2)9-17-25(16(11-29-17)18(26)28-10-13(3)4)19(27)24-15-8-6-5-7-14(15)20(21,22)23/h5-8,12-13,16-17H,9-11H2,1-4H3,(H,24,27). The first kappa shape index (κ1) is 23.4. The number of halogens is 3. The predicted molar refractivity (Wildman–Crippen MR) is 108 cm³/mol. The Bertz CT molecular complexity index is 725. The molecule has 1 fully saturated rings. The van der Waals surface area contributed by atoms with E-state index >= 15 is 0 Å². The summed E-state index contributed by atoms with van der Waals surface area (Å²) in [5.74, 6) is 0.204. The molecule has 1 aliphatic heterocycles. The molecule has 0 bridgehead atoms. The Morgan fingerprint density at radius 2 is 1.86 bits per heavy atom. The van der Waals surface area contributed by atoms with Gasteiger partial charge in [0.05, 0.1) is 23.2 Å². The number of rotatable bonds is 6. The molecular weight excluding hydrogens is 405 g/mol. The smallest absolute Gasteiger partial charge is 0.418 e. The van der Waals surface area contributed by atoms with Gasteiger partial charge in [-0.1, -0.05) is 39.8 Å². The number of carbonyl (C=O) groups is 2. The molecule has 0 saturated carbocycles. The van der Waals surface area contributed by atoms with Gasteiger partial charge in [0.2, 0.25) is 0 Å². The highest BCUT2D eigenvalue weighted by Gasteiger charge is 2.43. The first-order valence-electron chi connectivity index (χ1n) is 9.54. The van der Waals surface area contributed by atoms with Crippen molar-refractivity contribution in [3.63, 3.8) is 0 Å². The minimum Gasteiger partial charge on any atom is -0.464 e. The Morgan fingerprint density at radius 3 is 2.45 bits per heavy atom. The molecule has 1 aromatic carbocycles. The minimum atomic E-state index is -4.60. The monoisotopic (exact) mass is 432 g/mol. The summed E-state index contributed by atoms with van der Waals surface area (Å²) in [5, 5.41) is 2.04. The van der Waals surface area contributed by atoms with Gasteiger partial charge < -0.3 is 10.1 Å². The third-order valence-corrected chi connectivity index (χ3v) is 5.62. The second-order valence-corrected chi connectivity index (χ2v) is 9.05. The van der Waals surface area contributed by atoms with E-state index < -0.39 is 29.8 Å². The molecule has 0 aliphatic carbocycles. The molecule has 1 aromatic rings. The van der Waals surface area contributed by atoms with E-state index in [1.807, 2.05) is 27.7 Å². The molecule has 0 aromatic heterocycles. The number of hydrogen-bond donors (Lipinski definition) is 1. The van der Waals surface area contributed by atoms with Crippen molar-refractivity contribution in [2.24, 2.45) is 11.8 Å². The van der Waals surface area contributed by atoms with Crippen LogP contribution in [-0.4, -0.2) is 40.7 Å². The van der Waals surface area contributed by atoms with E-state index in [0.29, 0.717) is 12.2 Å². The number of para-hydroxylation sites is 1. The molecule has 1 N–H and O–H groups in total. The Labute approximate surface area is 173 Å². The molecule has 1 aliphatic rings. The van der Waals surface area contributed by atoms with Gasteiger partial charge >= 0.3 is 18.2 Å². The van der Waals surface area contributed by atoms with Gasteiger partial charge in [-0.3, -0.25) is 4.90 Å². The Balaban J connectivity index is 2.25. The van der Waals surface area contributed by atoms with Crippen LogP contribution in [-0.2, 0) is 15.7 Å². The average molecular weight is 433 g/mol. The topological polar surface area (TPSA) is 58.6 Å². The number of alkyl halides is 3. The van der Waals surface area contributed by atoms with Gasteiger partial charge in [-0.15, -0.1) is 11.8 Å². The van der Waals surface area contributed by atoms with Crippen molar-refractivity contribution in [2.45, 2.75) is 51.7 Å². The van der Waals surface area contributed by atoms with Gasteiger partial charge in [0.25, 0.3) is 0 Å². The first-order chi connectivity index (χ1) is 13.5. The molecule has 0 spiro atoms. The quantitative estimate of drug-likeness (QED) is 0.626. The lowest BCUT2D eigenvalue weighted by Crippen LogP contribution is -2.48. The molecule has 1 saturated heterocycles. The lowest BCUT2D eigenvalue weighted by Gasteiger charge is -2.30. The van der Waals surface area contributed by atoms with Crippen molar-refractivity contribution < 1.29 is 27.5 Å². The predicted octanol–water partition coefficient (Wildman–Crippen LogP) is 5.23. The third kappa shape index (κ3) is 6.29. The number of nitrogens with one attached hydrogen (secondary N) is 1. The van der Waals surface area contributed by atoms with Crippen molar-refractivity contribution in [3.05, 3.63) is 29.8 Å². The van der Waals surface area contributed by atoms with E-state index in [1.165, 1.54) is 34.9 Å². The maximum absolute atomic E-state index is 13.3. The van der Waals surface area contributed by atoms with E-state index in [4.69, 9.17) is 4.74 Å². The second-order valence-electron chi connectivity index (χ2n) is 7.84. The fourth-order valence-electron chi connectivity index (χ4n) is 2.97. The zero-order valence-electron chi connectivity index (χ0n) is 17.0. The molecular formula is C20H27F3N2O3S. The summed E-state index contributed by atoms with van der Waals surface area (Å²) in [6.45, 7) is 7.99. The minimum absolute atomic E-state index is 0.139. The van der Waals surface area contributed by atoms with E-state index in [9.17, 15) is 22.8 Å². The van der Waals surface area contributed by atoms with Crippen LogP contribution in [0.3, 0.4) is 0 Å². The van der Waals surface area contributed by atoms with E-state index in [2.05, 4.69) is 5.32 Å². The number of ether oxygens (including phenoxy) is 1. The molecule has 9 heteroatoms. The Morgan fingerprint density at radius 1 is 1.21 bits per heavy atom. The number of carbonyl (C=O) groups excluding carboxylic acids is 2. The van der Waals surface area contributed by atoms with Gasteiger partial charge in [-0.25, -0.2) is 9.59 Å². The zero-order valence-corrected chi connectivity index (χ0v) is 17.8. The lowest BCUT2D eigenvalue weighted by atomic mass is 10.1. The van der Waals surface area contributed by atoms with Crippen LogP contribution in [0.1, 0.15) is 39.7 Å².